The van der Waals surface area contributed by atoms with Crippen LogP contribution in [-0.4, -0.2) is 60.8 Å². The molecule has 292 valence electrons. The molecule has 2 N–H and O–H groups in total. The van der Waals surface area contributed by atoms with Gasteiger partial charge in [0, 0.05) is 12.8 Å². The van der Waals surface area contributed by atoms with E-state index in [1.807, 2.05) is 0 Å². The van der Waals surface area contributed by atoms with Crippen LogP contribution in [0.4, 0.5) is 0 Å². The van der Waals surface area contributed by atoms with Gasteiger partial charge in [-0.3, -0.25) is 14.2 Å². The largest absolute Gasteiger partial charge is 0.756 e. The average molecular weight is 722 g/mol. The molecule has 0 saturated heterocycles. The topological polar surface area (TPSA) is 152 Å². The number of esters is 2. The first-order valence-corrected chi connectivity index (χ1v) is 21.4. The van der Waals surface area contributed by atoms with Crippen LogP contribution in [0.15, 0.2) is 0 Å². The van der Waals surface area contributed by atoms with Crippen molar-refractivity contribution >= 4 is 19.8 Å². The molecule has 0 rings (SSSR count). The van der Waals surface area contributed by atoms with Gasteiger partial charge >= 0.3 is 11.9 Å². The monoisotopic (exact) mass is 722 g/mol. The van der Waals surface area contributed by atoms with Crippen LogP contribution in [0.2, 0.25) is 0 Å². The van der Waals surface area contributed by atoms with E-state index >= 15 is 0 Å². The number of aliphatic hydroxyl groups excluding tert-OH is 2. The molecule has 0 aromatic heterocycles. The fraction of sp³-hybridized carbons (Fsp3) is 0.947. The molecule has 11 heteroatoms. The standard InChI is InChI=1S/C38H75O10P/c1-3-5-7-9-11-13-15-17-19-21-23-25-27-29-37(41)45-33-36(34-47-49(43,44)46-32-35(40)31-39)48-38(42)30-28-26-24-22-20-18-16-14-12-10-8-6-4-2/h35-36,39-40H,3-34H2,1-2H3,(H,43,44)/p-1/t35-,36+/m0/s1. The summed E-state index contributed by atoms with van der Waals surface area (Å²) in [6.45, 7) is 2.21. The smallest absolute Gasteiger partial charge is 0.306 e. The summed E-state index contributed by atoms with van der Waals surface area (Å²) >= 11 is 0. The van der Waals surface area contributed by atoms with E-state index in [1.165, 1.54) is 116 Å². The maximum absolute atomic E-state index is 12.5. The van der Waals surface area contributed by atoms with Crippen molar-refractivity contribution < 1.29 is 47.8 Å². The van der Waals surface area contributed by atoms with E-state index in [-0.39, 0.29) is 19.4 Å². The van der Waals surface area contributed by atoms with Gasteiger partial charge in [-0.2, -0.15) is 0 Å². The van der Waals surface area contributed by atoms with Gasteiger partial charge in [-0.15, -0.1) is 0 Å². The van der Waals surface area contributed by atoms with Crippen LogP contribution in [0.5, 0.6) is 0 Å². The molecule has 0 fully saturated rings. The molecule has 0 heterocycles. The molecule has 49 heavy (non-hydrogen) atoms. The maximum atomic E-state index is 12.5. The predicted octanol–water partition coefficient (Wildman–Crippen LogP) is 9.26. The Kier molecular flexibility index (Phi) is 34.6. The van der Waals surface area contributed by atoms with E-state index in [9.17, 15) is 24.2 Å². The first-order chi connectivity index (χ1) is 23.7. The second-order valence-electron chi connectivity index (χ2n) is 13.7. The SMILES string of the molecule is CCCCCCCCCCCCCCCC(=O)OC[C@H](COP(=O)([O-])OC[C@@H](O)CO)OC(=O)CCCCCCCCCCCCCCC. The molecule has 0 radical (unpaired) electrons. The molecule has 0 aliphatic carbocycles. The van der Waals surface area contributed by atoms with Crippen molar-refractivity contribution in [2.75, 3.05) is 26.4 Å². The maximum Gasteiger partial charge on any atom is 0.306 e. The highest BCUT2D eigenvalue weighted by atomic mass is 31.2. The number of phosphoric ester groups is 1. The van der Waals surface area contributed by atoms with Crippen molar-refractivity contribution in [3.63, 3.8) is 0 Å². The van der Waals surface area contributed by atoms with E-state index < -0.39 is 51.8 Å². The van der Waals surface area contributed by atoms with Gasteiger partial charge in [0.2, 0.25) is 0 Å². The summed E-state index contributed by atoms with van der Waals surface area (Å²) in [5.74, 6) is -0.949. The molecule has 0 aromatic carbocycles. The number of phosphoric acid groups is 1. The second kappa shape index (κ2) is 35.4. The summed E-state index contributed by atoms with van der Waals surface area (Å²) in [6.07, 6.45) is 29.0. The number of ether oxygens (including phenoxy) is 2. The number of carbonyl (C=O) groups is 2. The highest BCUT2D eigenvalue weighted by molar-refractivity contribution is 7.45. The highest BCUT2D eigenvalue weighted by Gasteiger charge is 2.21. The Bertz CT molecular complexity index is 796. The zero-order valence-corrected chi connectivity index (χ0v) is 32.3. The van der Waals surface area contributed by atoms with Gasteiger partial charge < -0.3 is 33.6 Å². The van der Waals surface area contributed by atoms with Crippen LogP contribution >= 0.6 is 7.82 Å². The summed E-state index contributed by atoms with van der Waals surface area (Å²) in [4.78, 5) is 37.0. The van der Waals surface area contributed by atoms with Gasteiger partial charge in [0.05, 0.1) is 19.8 Å². The first-order valence-electron chi connectivity index (χ1n) is 20.0. The number of carbonyl (C=O) groups excluding carboxylic acids is 2. The van der Waals surface area contributed by atoms with Gasteiger partial charge in [-0.1, -0.05) is 168 Å². The molecule has 10 nitrogen and oxygen atoms in total. The minimum Gasteiger partial charge on any atom is -0.756 e. The minimum absolute atomic E-state index is 0.176. The predicted molar refractivity (Wildman–Crippen MR) is 194 cm³/mol. The zero-order chi connectivity index (χ0) is 36.3. The molecule has 0 aromatic rings. The third kappa shape index (κ3) is 35.2. The van der Waals surface area contributed by atoms with Crippen molar-refractivity contribution in [3.8, 4) is 0 Å². The van der Waals surface area contributed by atoms with Crippen LogP contribution in [0.1, 0.15) is 194 Å². The van der Waals surface area contributed by atoms with E-state index in [0.29, 0.717) is 12.8 Å². The van der Waals surface area contributed by atoms with Gasteiger partial charge in [-0.25, -0.2) is 0 Å². The van der Waals surface area contributed by atoms with Crippen molar-refractivity contribution in [2.24, 2.45) is 0 Å². The lowest BCUT2D eigenvalue weighted by atomic mass is 10.0. The molecule has 0 aliphatic rings. The van der Waals surface area contributed by atoms with Crippen molar-refractivity contribution in [2.45, 2.75) is 206 Å². The van der Waals surface area contributed by atoms with E-state index in [1.54, 1.807) is 0 Å². The van der Waals surface area contributed by atoms with Crippen molar-refractivity contribution in [1.82, 2.24) is 0 Å². The summed E-state index contributed by atoms with van der Waals surface area (Å²) < 4.78 is 32.2. The van der Waals surface area contributed by atoms with Gasteiger partial charge in [-0.05, 0) is 12.8 Å². The lowest BCUT2D eigenvalue weighted by molar-refractivity contribution is -0.230. The lowest BCUT2D eigenvalue weighted by Crippen LogP contribution is -2.30. The molecular weight excluding hydrogens is 647 g/mol. The summed E-state index contributed by atoms with van der Waals surface area (Å²) in [5, 5.41) is 18.2. The first kappa shape index (κ1) is 48.0. The third-order valence-electron chi connectivity index (χ3n) is 8.75. The normalized spacial score (nSPS) is 14.0. The van der Waals surface area contributed by atoms with E-state index in [0.717, 1.165) is 38.5 Å². The molecule has 1 unspecified atom stereocenters. The quantitative estimate of drug-likeness (QED) is 0.0359. The molecule has 3 atom stereocenters. The molecule has 0 aliphatic heterocycles. The van der Waals surface area contributed by atoms with Crippen LogP contribution in [0, 0.1) is 0 Å². The Labute approximate surface area is 299 Å². The number of hydrogen-bond donors (Lipinski definition) is 2. The Morgan fingerprint density at radius 2 is 0.898 bits per heavy atom. The number of rotatable bonds is 38. The molecule has 0 spiro atoms. The molecule has 0 amide bonds. The summed E-state index contributed by atoms with van der Waals surface area (Å²) in [5.41, 5.74) is 0. The Balaban J connectivity index is 4.31. The summed E-state index contributed by atoms with van der Waals surface area (Å²) in [6, 6.07) is 0. The zero-order valence-electron chi connectivity index (χ0n) is 31.4. The molecule has 0 saturated carbocycles. The third-order valence-corrected chi connectivity index (χ3v) is 9.68. The lowest BCUT2D eigenvalue weighted by Gasteiger charge is -2.26. The van der Waals surface area contributed by atoms with Crippen LogP contribution < -0.4 is 4.89 Å². The van der Waals surface area contributed by atoms with Gasteiger partial charge in [0.15, 0.2) is 6.10 Å². The van der Waals surface area contributed by atoms with E-state index in [2.05, 4.69) is 18.4 Å². The number of unbranched alkanes of at least 4 members (excludes halogenated alkanes) is 24. The van der Waals surface area contributed by atoms with Crippen molar-refractivity contribution in [3.05, 3.63) is 0 Å². The molecular formula is C38H74O10P-. The molecule has 0 bridgehead atoms. The average Bonchev–Trinajstić information content (AvgIpc) is 3.09. The minimum atomic E-state index is -4.85. The van der Waals surface area contributed by atoms with Crippen LogP contribution in [0.25, 0.3) is 0 Å². The summed E-state index contributed by atoms with van der Waals surface area (Å²) in [7, 11) is -4.85. The van der Waals surface area contributed by atoms with E-state index in [4.69, 9.17) is 19.1 Å². The highest BCUT2D eigenvalue weighted by Crippen LogP contribution is 2.38. The fourth-order valence-corrected chi connectivity index (χ4v) is 6.41. The van der Waals surface area contributed by atoms with Crippen LogP contribution in [0.3, 0.4) is 0 Å². The fourth-order valence-electron chi connectivity index (χ4n) is 5.63. The number of hydrogen-bond acceptors (Lipinski definition) is 10. The Morgan fingerprint density at radius 1 is 0.551 bits per heavy atom. The van der Waals surface area contributed by atoms with Gasteiger partial charge in [0.25, 0.3) is 7.82 Å². The Morgan fingerprint density at radius 3 is 1.29 bits per heavy atom. The number of aliphatic hydroxyl groups is 2. The van der Waals surface area contributed by atoms with Crippen molar-refractivity contribution in [1.29, 1.82) is 0 Å². The van der Waals surface area contributed by atoms with Crippen LogP contribution in [-0.2, 0) is 32.7 Å². The Hall–Kier alpha value is -1.03. The van der Waals surface area contributed by atoms with Gasteiger partial charge in [0.1, 0.15) is 12.7 Å². The second-order valence-corrected chi connectivity index (χ2v) is 15.1.